The van der Waals surface area contributed by atoms with Gasteiger partial charge < -0.3 is 14.6 Å². The molecule has 1 aliphatic rings. The van der Waals surface area contributed by atoms with Crippen molar-refractivity contribution in [3.63, 3.8) is 0 Å². The van der Waals surface area contributed by atoms with E-state index in [4.69, 9.17) is 14.6 Å². The van der Waals surface area contributed by atoms with Crippen LogP contribution in [0, 0.1) is 0 Å². The van der Waals surface area contributed by atoms with Crippen molar-refractivity contribution in [1.29, 1.82) is 0 Å². The van der Waals surface area contributed by atoms with Gasteiger partial charge in [-0.15, -0.1) is 0 Å². The van der Waals surface area contributed by atoms with Crippen LogP contribution in [-0.4, -0.2) is 32.8 Å². The maximum absolute atomic E-state index is 11.9. The Morgan fingerprint density at radius 1 is 1.57 bits per heavy atom. The predicted octanol–water partition coefficient (Wildman–Crippen LogP) is -0.342. The molecule has 1 fully saturated rings. The van der Waals surface area contributed by atoms with Crippen LogP contribution < -0.4 is 11.2 Å². The smallest absolute Gasteiger partial charge is 0.330 e. The molecule has 0 bridgehead atoms. The summed E-state index contributed by atoms with van der Waals surface area (Å²) in [5, 5.41) is 9.10. The summed E-state index contributed by atoms with van der Waals surface area (Å²) in [4.78, 5) is 36.5. The van der Waals surface area contributed by atoms with E-state index in [-0.39, 0.29) is 11.7 Å². The van der Waals surface area contributed by atoms with E-state index in [0.717, 1.165) is 0 Å². The van der Waals surface area contributed by atoms with Crippen LogP contribution in [0.3, 0.4) is 0 Å². The molecule has 1 aromatic rings. The molecule has 8 nitrogen and oxygen atoms in total. The van der Waals surface area contributed by atoms with Gasteiger partial charge in [0, 0.05) is 19.5 Å². The maximum atomic E-state index is 11.9. The van der Waals surface area contributed by atoms with Crippen LogP contribution in [0.25, 0.3) is 0 Å². The number of nitrogens with zero attached hydrogens (tertiary/aromatic N) is 1. The number of hydrogen-bond donors (Lipinski definition) is 2. The molecule has 2 heterocycles. The first-order chi connectivity index (χ1) is 9.96. The quantitative estimate of drug-likeness (QED) is 0.736. The number of rotatable bonds is 4. The third-order valence-corrected chi connectivity index (χ3v) is 3.42. The number of aliphatic hydroxyl groups excluding tert-OH is 1. The van der Waals surface area contributed by atoms with Crippen molar-refractivity contribution >= 4 is 5.97 Å². The molecule has 0 unspecified atom stereocenters. The molecular weight excluding hydrogens is 280 g/mol. The van der Waals surface area contributed by atoms with Gasteiger partial charge in [-0.1, -0.05) is 6.92 Å². The summed E-state index contributed by atoms with van der Waals surface area (Å²) >= 11 is 0. The largest absolute Gasteiger partial charge is 0.460 e. The highest BCUT2D eigenvalue weighted by Crippen LogP contribution is 2.31. The molecule has 1 saturated heterocycles. The number of carbonyl (C=O) groups is 1. The molecule has 0 amide bonds. The average molecular weight is 298 g/mol. The minimum absolute atomic E-state index is 0.0715. The highest BCUT2D eigenvalue weighted by molar-refractivity contribution is 5.66. The standard InChI is InChI=1S/C13H18N2O6/c1-3-9-10(20-7(2)17)4-11(21-9)15-5-8(6-16)12(18)14-13(15)19/h5,9-11,16H,3-4,6H2,1-2H3,(H,14,18,19)/t9-,10+,11-/m1/s1. The van der Waals surface area contributed by atoms with E-state index < -0.39 is 36.2 Å². The van der Waals surface area contributed by atoms with Crippen LogP contribution >= 0.6 is 0 Å². The summed E-state index contributed by atoms with van der Waals surface area (Å²) in [6.07, 6.45) is 0.821. The van der Waals surface area contributed by atoms with Gasteiger partial charge in [0.15, 0.2) is 0 Å². The van der Waals surface area contributed by atoms with E-state index in [2.05, 4.69) is 4.98 Å². The molecule has 0 spiro atoms. The number of aromatic nitrogens is 2. The molecule has 0 aromatic carbocycles. The molecule has 1 aliphatic heterocycles. The van der Waals surface area contributed by atoms with Gasteiger partial charge in [-0.2, -0.15) is 0 Å². The van der Waals surface area contributed by atoms with Gasteiger partial charge in [-0.25, -0.2) is 4.79 Å². The zero-order valence-electron chi connectivity index (χ0n) is 11.9. The average Bonchev–Trinajstić information content (AvgIpc) is 2.81. The fraction of sp³-hybridized carbons (Fsp3) is 0.615. The zero-order chi connectivity index (χ0) is 15.6. The number of ether oxygens (including phenoxy) is 2. The first-order valence-corrected chi connectivity index (χ1v) is 6.74. The lowest BCUT2D eigenvalue weighted by atomic mass is 10.1. The third-order valence-electron chi connectivity index (χ3n) is 3.42. The maximum Gasteiger partial charge on any atom is 0.330 e. The lowest BCUT2D eigenvalue weighted by Gasteiger charge is -2.16. The molecule has 3 atom stereocenters. The highest BCUT2D eigenvalue weighted by atomic mass is 16.6. The lowest BCUT2D eigenvalue weighted by Crippen LogP contribution is -2.34. The molecule has 1 aromatic heterocycles. The second-order valence-corrected chi connectivity index (χ2v) is 4.90. The minimum atomic E-state index is -0.644. The van der Waals surface area contributed by atoms with E-state index in [1.54, 1.807) is 0 Å². The molecule has 21 heavy (non-hydrogen) atoms. The van der Waals surface area contributed by atoms with Gasteiger partial charge >= 0.3 is 11.7 Å². The molecule has 116 valence electrons. The Kier molecular flexibility index (Phi) is 4.59. The summed E-state index contributed by atoms with van der Waals surface area (Å²) in [6, 6.07) is 0. The fourth-order valence-electron chi connectivity index (χ4n) is 2.42. The van der Waals surface area contributed by atoms with Gasteiger partial charge in [0.2, 0.25) is 0 Å². The van der Waals surface area contributed by atoms with E-state index in [9.17, 15) is 14.4 Å². The highest BCUT2D eigenvalue weighted by Gasteiger charge is 2.37. The number of aromatic amines is 1. The monoisotopic (exact) mass is 298 g/mol. The van der Waals surface area contributed by atoms with E-state index in [1.165, 1.54) is 17.7 Å². The summed E-state index contributed by atoms with van der Waals surface area (Å²) in [7, 11) is 0. The van der Waals surface area contributed by atoms with E-state index in [0.29, 0.717) is 12.8 Å². The van der Waals surface area contributed by atoms with Gasteiger partial charge in [0.25, 0.3) is 5.56 Å². The van der Waals surface area contributed by atoms with Crippen molar-refractivity contribution < 1.29 is 19.4 Å². The molecule has 8 heteroatoms. The van der Waals surface area contributed by atoms with Crippen LogP contribution in [0.5, 0.6) is 0 Å². The van der Waals surface area contributed by atoms with Crippen molar-refractivity contribution in [3.8, 4) is 0 Å². The Hall–Kier alpha value is -1.93. The molecule has 0 radical (unpaired) electrons. The van der Waals surface area contributed by atoms with Crippen molar-refractivity contribution in [2.24, 2.45) is 0 Å². The van der Waals surface area contributed by atoms with Crippen LogP contribution in [0.1, 0.15) is 38.5 Å². The fourth-order valence-corrected chi connectivity index (χ4v) is 2.42. The number of H-pyrrole nitrogens is 1. The zero-order valence-corrected chi connectivity index (χ0v) is 11.9. The third kappa shape index (κ3) is 3.22. The summed E-state index contributed by atoms with van der Waals surface area (Å²) in [6.45, 7) is 2.72. The first kappa shape index (κ1) is 15.5. The Morgan fingerprint density at radius 2 is 2.29 bits per heavy atom. The van der Waals surface area contributed by atoms with Gasteiger partial charge in [-0.3, -0.25) is 19.1 Å². The summed E-state index contributed by atoms with van der Waals surface area (Å²) in [5.74, 6) is -0.410. The molecule has 2 N–H and O–H groups in total. The van der Waals surface area contributed by atoms with Crippen molar-refractivity contribution in [2.45, 2.75) is 51.7 Å². The SMILES string of the molecule is CC[C@H]1O[C@@H](n2cc(CO)c(=O)[nH]c2=O)C[C@@H]1OC(C)=O. The number of esters is 1. The lowest BCUT2D eigenvalue weighted by molar-refractivity contribution is -0.149. The minimum Gasteiger partial charge on any atom is -0.460 e. The summed E-state index contributed by atoms with van der Waals surface area (Å²) < 4.78 is 12.1. The van der Waals surface area contributed by atoms with E-state index in [1.807, 2.05) is 6.92 Å². The van der Waals surface area contributed by atoms with Crippen LogP contribution in [0.2, 0.25) is 0 Å². The van der Waals surface area contributed by atoms with E-state index >= 15 is 0 Å². The van der Waals surface area contributed by atoms with Crippen LogP contribution in [0.4, 0.5) is 0 Å². The Balaban J connectivity index is 2.29. The van der Waals surface area contributed by atoms with Gasteiger partial charge in [0.1, 0.15) is 12.3 Å². The number of hydrogen-bond acceptors (Lipinski definition) is 6. The van der Waals surface area contributed by atoms with Gasteiger partial charge in [-0.05, 0) is 6.42 Å². The Labute approximate surface area is 120 Å². The summed E-state index contributed by atoms with van der Waals surface area (Å²) in [5.41, 5.74) is -1.18. The van der Waals surface area contributed by atoms with Gasteiger partial charge in [0.05, 0.1) is 18.3 Å². The molecule has 2 rings (SSSR count). The topological polar surface area (TPSA) is 111 Å². The molecular formula is C13H18N2O6. The predicted molar refractivity (Wildman–Crippen MR) is 71.6 cm³/mol. The van der Waals surface area contributed by atoms with Crippen molar-refractivity contribution in [2.75, 3.05) is 0 Å². The molecule has 0 aliphatic carbocycles. The number of carbonyl (C=O) groups excluding carboxylic acids is 1. The van der Waals surface area contributed by atoms with Crippen LogP contribution in [-0.2, 0) is 20.9 Å². The van der Waals surface area contributed by atoms with Crippen LogP contribution in [0.15, 0.2) is 15.8 Å². The number of aliphatic hydroxyl groups is 1. The number of nitrogens with one attached hydrogen (secondary N) is 1. The first-order valence-electron chi connectivity index (χ1n) is 6.74. The normalized spacial score (nSPS) is 25.0. The second-order valence-electron chi connectivity index (χ2n) is 4.90. The Morgan fingerprint density at radius 3 is 2.86 bits per heavy atom. The molecule has 0 saturated carbocycles. The second kappa shape index (κ2) is 6.23. The van der Waals surface area contributed by atoms with Crippen molar-refractivity contribution in [1.82, 2.24) is 9.55 Å². The Bertz CT molecular complexity index is 634. The van der Waals surface area contributed by atoms with Crippen molar-refractivity contribution in [3.05, 3.63) is 32.6 Å².